The number of sulfonamides is 1. The third-order valence-corrected chi connectivity index (χ3v) is 2.05. The van der Waals surface area contributed by atoms with Crippen LogP contribution in [0.1, 0.15) is 14.6 Å². The highest BCUT2D eigenvalue weighted by Crippen LogP contribution is 2.17. The minimum Gasteiger partial charge on any atom is -0.480 e. The maximum absolute atomic E-state index is 11.5. The molecule has 88 valence electrons. The van der Waals surface area contributed by atoms with Crippen LogP contribution in [0.4, 0.5) is 5.69 Å². The van der Waals surface area contributed by atoms with Crippen molar-refractivity contribution < 1.29 is 22.1 Å². The zero-order chi connectivity index (χ0) is 14.8. The van der Waals surface area contributed by atoms with Gasteiger partial charge in [-0.1, -0.05) is 0 Å². The Kier molecular flexibility index (Phi) is 2.27. The van der Waals surface area contributed by atoms with Crippen LogP contribution >= 0.6 is 0 Å². The van der Waals surface area contributed by atoms with Crippen LogP contribution in [0.5, 0.6) is 5.88 Å². The molecule has 16 heavy (non-hydrogen) atoms. The van der Waals surface area contributed by atoms with Gasteiger partial charge in [-0.15, -0.1) is 0 Å². The summed E-state index contributed by atoms with van der Waals surface area (Å²) < 4.78 is 48.7. The number of hydrogen-bond acceptors (Lipinski definition) is 6. The summed E-state index contributed by atoms with van der Waals surface area (Å²) in [5.41, 5.74) is 5.01. The molecule has 1 heterocycles. The summed E-state index contributed by atoms with van der Waals surface area (Å²) in [5.74, 6) is -1.49. The Morgan fingerprint density at radius 3 is 2.88 bits per heavy atom. The molecule has 0 aliphatic rings. The summed E-state index contributed by atoms with van der Waals surface area (Å²) in [6, 6.07) is 2.33. The van der Waals surface area contributed by atoms with Crippen molar-refractivity contribution in [1.29, 1.82) is 0 Å². The molecule has 0 saturated carbocycles. The predicted octanol–water partition coefficient (Wildman–Crippen LogP) is -0.638. The topological polar surface area (TPSA) is 111 Å². The fraction of sp³-hybridized carbons (Fsp3) is 0.250. The summed E-state index contributed by atoms with van der Waals surface area (Å²) in [4.78, 5) is 15.1. The number of carbonyl (C=O) groups excluding carboxylic acids is 1. The minimum absolute atomic E-state index is 0.0907. The lowest BCUT2D eigenvalue weighted by molar-refractivity contribution is 0.0976. The van der Waals surface area contributed by atoms with Crippen LogP contribution in [0, 0.1) is 0 Å². The van der Waals surface area contributed by atoms with Crippen molar-refractivity contribution in [1.82, 2.24) is 9.71 Å². The smallest absolute Gasteiger partial charge is 0.283 e. The van der Waals surface area contributed by atoms with Gasteiger partial charge < -0.3 is 10.5 Å². The van der Waals surface area contributed by atoms with Gasteiger partial charge in [0, 0.05) is 0 Å². The number of methoxy groups -OCH3 is 1. The predicted molar refractivity (Wildman–Crippen MR) is 57.5 cm³/mol. The van der Waals surface area contributed by atoms with Crippen molar-refractivity contribution in [2.45, 2.75) is 0 Å². The van der Waals surface area contributed by atoms with Gasteiger partial charge >= 0.3 is 0 Å². The first-order chi connectivity index (χ1) is 8.48. The number of aromatic nitrogens is 1. The molecular weight excluding hydrogens is 234 g/mol. The van der Waals surface area contributed by atoms with Gasteiger partial charge in [0.25, 0.3) is 5.91 Å². The highest BCUT2D eigenvalue weighted by atomic mass is 32.2. The second-order valence-electron chi connectivity index (χ2n) is 2.90. The normalized spacial score (nSPS) is 14.4. The van der Waals surface area contributed by atoms with Gasteiger partial charge in [0.1, 0.15) is 5.69 Å². The number of nitrogen functional groups attached to an aromatic ring is 1. The van der Waals surface area contributed by atoms with Gasteiger partial charge in [-0.3, -0.25) is 4.79 Å². The first-order valence-electron chi connectivity index (χ1n) is 5.45. The maximum atomic E-state index is 11.5. The third kappa shape index (κ3) is 3.09. The maximum Gasteiger partial charge on any atom is 0.283 e. The summed E-state index contributed by atoms with van der Waals surface area (Å²) in [7, 11) is -6.54. The lowest BCUT2D eigenvalue weighted by Crippen LogP contribution is -2.30. The molecule has 0 atom stereocenters. The van der Waals surface area contributed by atoms with E-state index in [0.717, 1.165) is 12.3 Å². The molecule has 3 N–H and O–H groups in total. The number of nitrogens with zero attached hydrogens (tertiary/aromatic N) is 1. The van der Waals surface area contributed by atoms with E-state index >= 15 is 0 Å². The summed E-state index contributed by atoms with van der Waals surface area (Å²) >= 11 is 0. The Bertz CT molecular complexity index is 600. The molecule has 1 amide bonds. The van der Waals surface area contributed by atoms with E-state index in [1.54, 1.807) is 4.72 Å². The Morgan fingerprint density at radius 2 is 2.31 bits per heavy atom. The highest BCUT2D eigenvalue weighted by Gasteiger charge is 2.14. The summed E-state index contributed by atoms with van der Waals surface area (Å²) in [5, 5.41) is 0. The zero-order valence-electron chi connectivity index (χ0n) is 11.2. The lowest BCUT2D eigenvalue weighted by Gasteiger charge is -2.05. The average molecular weight is 248 g/mol. The molecule has 0 radical (unpaired) electrons. The molecule has 0 aliphatic heterocycles. The van der Waals surface area contributed by atoms with E-state index < -0.39 is 28.8 Å². The van der Waals surface area contributed by atoms with Crippen LogP contribution in [0.25, 0.3) is 0 Å². The van der Waals surface area contributed by atoms with E-state index in [2.05, 4.69) is 9.72 Å². The van der Waals surface area contributed by atoms with Crippen LogP contribution in [-0.4, -0.2) is 32.6 Å². The monoisotopic (exact) mass is 248 g/mol. The van der Waals surface area contributed by atoms with Crippen LogP contribution < -0.4 is 15.2 Å². The number of hydrogen-bond donors (Lipinski definition) is 2. The van der Waals surface area contributed by atoms with Crippen molar-refractivity contribution in [3.63, 3.8) is 0 Å². The van der Waals surface area contributed by atoms with Gasteiger partial charge in [-0.05, 0) is 12.1 Å². The molecular formula is C8H11N3O4S. The fourth-order valence-electron chi connectivity index (χ4n) is 0.880. The van der Waals surface area contributed by atoms with Crippen molar-refractivity contribution in [3.05, 3.63) is 17.8 Å². The Balaban J connectivity index is 3.06. The van der Waals surface area contributed by atoms with Crippen LogP contribution in [-0.2, 0) is 10.0 Å². The van der Waals surface area contributed by atoms with Crippen LogP contribution in [0.3, 0.4) is 0 Å². The minimum atomic E-state index is -3.75. The lowest BCUT2D eigenvalue weighted by atomic mass is 10.3. The molecule has 0 aromatic carbocycles. The van der Waals surface area contributed by atoms with E-state index in [1.165, 1.54) is 6.07 Å². The largest absolute Gasteiger partial charge is 0.480 e. The number of rotatable bonds is 3. The molecule has 0 saturated heterocycles. The number of ether oxygens (including phenoxy) is 1. The first-order valence-corrected chi connectivity index (χ1v) is 5.85. The number of anilines is 1. The van der Waals surface area contributed by atoms with Crippen molar-refractivity contribution in [2.24, 2.45) is 0 Å². The highest BCUT2D eigenvalue weighted by molar-refractivity contribution is 7.89. The first kappa shape index (κ1) is 8.34. The molecule has 8 heteroatoms. The van der Waals surface area contributed by atoms with Crippen molar-refractivity contribution >= 4 is 21.6 Å². The molecule has 0 spiro atoms. The van der Waals surface area contributed by atoms with Crippen molar-refractivity contribution in [3.8, 4) is 5.88 Å². The van der Waals surface area contributed by atoms with E-state index in [4.69, 9.17) is 9.85 Å². The second kappa shape index (κ2) is 4.35. The number of pyridine rings is 1. The molecule has 0 fully saturated rings. The van der Waals surface area contributed by atoms with Gasteiger partial charge in [-0.2, -0.15) is 0 Å². The quantitative estimate of drug-likeness (QED) is 0.736. The van der Waals surface area contributed by atoms with Crippen molar-refractivity contribution in [2.75, 3.05) is 19.0 Å². The van der Waals surface area contributed by atoms with Crippen LogP contribution in [0.15, 0.2) is 12.1 Å². The summed E-state index contributed by atoms with van der Waals surface area (Å²) in [6.45, 7) is 0. The number of amides is 1. The number of carbonyl (C=O) groups is 1. The molecule has 7 nitrogen and oxygen atoms in total. The second-order valence-corrected chi connectivity index (χ2v) is 4.64. The number of nitrogens with two attached hydrogens (primary N) is 1. The van der Waals surface area contributed by atoms with Gasteiger partial charge in [0.15, 0.2) is 0 Å². The van der Waals surface area contributed by atoms with Gasteiger partial charge in [0.2, 0.25) is 15.9 Å². The Morgan fingerprint density at radius 1 is 1.62 bits per heavy atom. The Labute approximate surface area is 96.9 Å². The number of nitrogens with one attached hydrogen (secondary N) is 1. The molecule has 0 aliphatic carbocycles. The van der Waals surface area contributed by atoms with Gasteiger partial charge in [0.05, 0.1) is 23.1 Å². The zero-order valence-corrected chi connectivity index (χ0v) is 9.04. The van der Waals surface area contributed by atoms with E-state index in [1.807, 2.05) is 0 Å². The van der Waals surface area contributed by atoms with E-state index in [-0.39, 0.29) is 11.4 Å². The third-order valence-electron chi connectivity index (χ3n) is 1.50. The van der Waals surface area contributed by atoms with Crippen LogP contribution in [0.2, 0.25) is 0 Å². The summed E-state index contributed by atoms with van der Waals surface area (Å²) in [6.07, 6.45) is 0.794. The molecule has 1 aromatic heterocycles. The SMILES string of the molecule is [2H]C([2H])([2H])Oc1nc(C(=O)NS(C)(=O)=O)ccc1N. The standard InChI is InChI=1S/C8H11N3O4S/c1-15-8-5(9)3-4-6(10-8)7(12)11-16(2,13)14/h3-4H,9H2,1-2H3,(H,11,12)/i1D3. The molecule has 1 rings (SSSR count). The van der Waals surface area contributed by atoms with E-state index in [0.29, 0.717) is 0 Å². The molecule has 0 bridgehead atoms. The van der Waals surface area contributed by atoms with Gasteiger partial charge in [-0.25, -0.2) is 18.1 Å². The fourth-order valence-corrected chi connectivity index (χ4v) is 1.32. The Hall–Kier alpha value is -1.83. The molecule has 0 unspecified atom stereocenters. The molecule has 1 aromatic rings. The average Bonchev–Trinajstić information content (AvgIpc) is 2.16. The van der Waals surface area contributed by atoms with E-state index in [9.17, 15) is 13.2 Å².